The van der Waals surface area contributed by atoms with E-state index < -0.39 is 11.7 Å². The van der Waals surface area contributed by atoms with Crippen LogP contribution >= 0.6 is 12.2 Å². The van der Waals surface area contributed by atoms with Gasteiger partial charge in [-0.3, -0.25) is 9.67 Å². The largest absolute Gasteiger partial charge is 0.497 e. The predicted molar refractivity (Wildman–Crippen MR) is 89.9 cm³/mol. The maximum atomic E-state index is 12.7. The van der Waals surface area contributed by atoms with Gasteiger partial charge in [0.25, 0.3) is 0 Å². The van der Waals surface area contributed by atoms with Gasteiger partial charge in [-0.2, -0.15) is 18.3 Å². The van der Waals surface area contributed by atoms with Crippen molar-refractivity contribution in [2.75, 3.05) is 7.11 Å². The minimum atomic E-state index is -4.37. The summed E-state index contributed by atoms with van der Waals surface area (Å²) in [7, 11) is 1.59. The van der Waals surface area contributed by atoms with Crippen molar-refractivity contribution in [1.29, 1.82) is 0 Å². The van der Waals surface area contributed by atoms with Crippen molar-refractivity contribution in [3.05, 3.63) is 64.4 Å². The molecule has 1 heterocycles. The van der Waals surface area contributed by atoms with Gasteiger partial charge in [0.15, 0.2) is 10.6 Å². The first kappa shape index (κ1) is 17.2. The van der Waals surface area contributed by atoms with E-state index in [1.807, 2.05) is 24.3 Å². The molecule has 0 amide bonds. The van der Waals surface area contributed by atoms with E-state index >= 15 is 0 Å². The Morgan fingerprint density at radius 3 is 2.28 bits per heavy atom. The van der Waals surface area contributed by atoms with Gasteiger partial charge in [-0.25, -0.2) is 0 Å². The fourth-order valence-electron chi connectivity index (χ4n) is 2.41. The van der Waals surface area contributed by atoms with Crippen molar-refractivity contribution in [2.24, 2.45) is 0 Å². The number of nitrogens with one attached hydrogen (secondary N) is 1. The van der Waals surface area contributed by atoms with Crippen molar-refractivity contribution >= 4 is 12.2 Å². The number of hydrogen-bond donors (Lipinski definition) is 1. The first-order chi connectivity index (χ1) is 11.9. The number of aromatic nitrogens is 3. The minimum Gasteiger partial charge on any atom is -0.497 e. The van der Waals surface area contributed by atoms with Crippen molar-refractivity contribution in [3.63, 3.8) is 0 Å². The summed E-state index contributed by atoms with van der Waals surface area (Å²) in [6.45, 7) is 0.440. The first-order valence-corrected chi connectivity index (χ1v) is 7.75. The molecule has 3 rings (SSSR count). The lowest BCUT2D eigenvalue weighted by atomic mass is 10.1. The van der Waals surface area contributed by atoms with Crippen LogP contribution in [0.5, 0.6) is 5.75 Å². The third kappa shape index (κ3) is 3.74. The van der Waals surface area contributed by atoms with Crippen LogP contribution in [0.1, 0.15) is 11.1 Å². The highest BCUT2D eigenvalue weighted by molar-refractivity contribution is 7.71. The number of H-pyrrole nitrogens is 1. The van der Waals surface area contributed by atoms with Crippen molar-refractivity contribution < 1.29 is 17.9 Å². The number of ether oxygens (including phenoxy) is 1. The van der Waals surface area contributed by atoms with Gasteiger partial charge in [0, 0.05) is 5.56 Å². The standard InChI is InChI=1S/C17H14F3N3OS/c1-24-14-8-2-11(3-9-14)10-23-15(21-22-16(23)25)12-4-6-13(7-5-12)17(18,19)20/h2-9H,10H2,1H3,(H,22,25). The van der Waals surface area contributed by atoms with Crippen LogP contribution in [-0.2, 0) is 12.7 Å². The summed E-state index contributed by atoms with van der Waals surface area (Å²) in [6, 6.07) is 12.3. The molecule has 0 bridgehead atoms. The van der Waals surface area contributed by atoms with Crippen molar-refractivity contribution in [3.8, 4) is 17.1 Å². The van der Waals surface area contributed by atoms with Gasteiger partial charge < -0.3 is 4.74 Å². The molecule has 8 heteroatoms. The van der Waals surface area contributed by atoms with E-state index in [0.29, 0.717) is 22.7 Å². The van der Waals surface area contributed by atoms with E-state index in [-0.39, 0.29) is 0 Å². The van der Waals surface area contributed by atoms with Crippen molar-refractivity contribution in [2.45, 2.75) is 12.7 Å². The molecule has 1 N–H and O–H groups in total. The SMILES string of the molecule is COc1ccc(Cn2c(-c3ccc(C(F)(F)F)cc3)n[nH]c2=S)cc1. The molecule has 0 spiro atoms. The van der Waals surface area contributed by atoms with Crippen LogP contribution in [0, 0.1) is 4.77 Å². The zero-order chi connectivity index (χ0) is 18.0. The molecule has 0 saturated carbocycles. The lowest BCUT2D eigenvalue weighted by Crippen LogP contribution is -2.05. The second-order valence-electron chi connectivity index (χ2n) is 5.36. The molecule has 25 heavy (non-hydrogen) atoms. The van der Waals surface area contributed by atoms with Gasteiger partial charge in [0.2, 0.25) is 0 Å². The quantitative estimate of drug-likeness (QED) is 0.683. The summed E-state index contributed by atoms with van der Waals surface area (Å²) >= 11 is 5.25. The number of rotatable bonds is 4. The first-order valence-electron chi connectivity index (χ1n) is 7.34. The Balaban J connectivity index is 1.92. The third-order valence-electron chi connectivity index (χ3n) is 3.73. The summed E-state index contributed by atoms with van der Waals surface area (Å²) < 4.78 is 45.4. The molecule has 4 nitrogen and oxygen atoms in total. The molecule has 3 aromatic rings. The Bertz CT molecular complexity index is 912. The van der Waals surface area contributed by atoms with Crippen LogP contribution in [0.4, 0.5) is 13.2 Å². The highest BCUT2D eigenvalue weighted by atomic mass is 32.1. The lowest BCUT2D eigenvalue weighted by Gasteiger charge is -2.10. The maximum Gasteiger partial charge on any atom is 0.416 e. The molecule has 0 atom stereocenters. The van der Waals surface area contributed by atoms with Crippen LogP contribution in [0.15, 0.2) is 48.5 Å². The molecule has 130 valence electrons. The molecule has 0 saturated heterocycles. The zero-order valence-corrected chi connectivity index (χ0v) is 14.0. The molecular weight excluding hydrogens is 351 g/mol. The molecule has 1 aromatic heterocycles. The van der Waals surface area contributed by atoms with Crippen molar-refractivity contribution in [1.82, 2.24) is 14.8 Å². The van der Waals surface area contributed by atoms with Crippen LogP contribution in [0.25, 0.3) is 11.4 Å². The van der Waals surface area contributed by atoms with E-state index in [0.717, 1.165) is 23.4 Å². The fraction of sp³-hybridized carbons (Fsp3) is 0.176. The van der Waals surface area contributed by atoms with E-state index in [9.17, 15) is 13.2 Å². The Morgan fingerprint density at radius 2 is 1.72 bits per heavy atom. The highest BCUT2D eigenvalue weighted by Crippen LogP contribution is 2.30. The molecule has 0 radical (unpaired) electrons. The summed E-state index contributed by atoms with van der Waals surface area (Å²) in [4.78, 5) is 0. The maximum absolute atomic E-state index is 12.7. The zero-order valence-electron chi connectivity index (χ0n) is 13.2. The van der Waals surface area contributed by atoms with Crippen LogP contribution in [0.2, 0.25) is 0 Å². The number of hydrogen-bond acceptors (Lipinski definition) is 3. The van der Waals surface area contributed by atoms with E-state index in [1.165, 1.54) is 12.1 Å². The highest BCUT2D eigenvalue weighted by Gasteiger charge is 2.30. The number of nitrogens with zero attached hydrogens (tertiary/aromatic N) is 2. The Labute approximate surface area is 146 Å². The van der Waals surface area contributed by atoms with Gasteiger partial charge in [-0.05, 0) is 42.0 Å². The fourth-order valence-corrected chi connectivity index (χ4v) is 2.60. The lowest BCUT2D eigenvalue weighted by molar-refractivity contribution is -0.137. The Morgan fingerprint density at radius 1 is 1.08 bits per heavy atom. The van der Waals surface area contributed by atoms with Gasteiger partial charge >= 0.3 is 6.18 Å². The average Bonchev–Trinajstić information content (AvgIpc) is 2.96. The topological polar surface area (TPSA) is 42.8 Å². The monoisotopic (exact) mass is 365 g/mol. The number of halogens is 3. The summed E-state index contributed by atoms with van der Waals surface area (Å²) in [6.07, 6.45) is -4.37. The summed E-state index contributed by atoms with van der Waals surface area (Å²) in [5.74, 6) is 1.22. The van der Waals surface area contributed by atoms with Crippen LogP contribution < -0.4 is 4.74 Å². The summed E-state index contributed by atoms with van der Waals surface area (Å²) in [5, 5.41) is 6.84. The van der Waals surface area contributed by atoms with E-state index in [4.69, 9.17) is 17.0 Å². The second kappa shape index (κ2) is 6.72. The van der Waals surface area contributed by atoms with Crippen LogP contribution in [-0.4, -0.2) is 21.9 Å². The third-order valence-corrected chi connectivity index (χ3v) is 4.04. The molecule has 0 aliphatic heterocycles. The van der Waals surface area contributed by atoms with Crippen LogP contribution in [0.3, 0.4) is 0 Å². The number of aromatic amines is 1. The van der Waals surface area contributed by atoms with Gasteiger partial charge in [0.05, 0.1) is 19.2 Å². The average molecular weight is 365 g/mol. The van der Waals surface area contributed by atoms with Gasteiger partial charge in [0.1, 0.15) is 5.75 Å². The smallest absolute Gasteiger partial charge is 0.416 e. The minimum absolute atomic E-state index is 0.394. The Kier molecular flexibility index (Phi) is 4.63. The molecule has 0 aliphatic carbocycles. The molecule has 2 aromatic carbocycles. The number of methoxy groups -OCH3 is 1. The predicted octanol–water partition coefficient (Wildman–Crippen LogP) is 4.68. The second-order valence-corrected chi connectivity index (χ2v) is 5.75. The normalized spacial score (nSPS) is 11.5. The van der Waals surface area contributed by atoms with E-state index in [1.54, 1.807) is 11.7 Å². The molecule has 0 aliphatic rings. The van der Waals surface area contributed by atoms with E-state index in [2.05, 4.69) is 10.2 Å². The molecule has 0 unspecified atom stereocenters. The van der Waals surface area contributed by atoms with Gasteiger partial charge in [-0.15, -0.1) is 0 Å². The van der Waals surface area contributed by atoms with Gasteiger partial charge in [-0.1, -0.05) is 24.3 Å². The number of benzene rings is 2. The molecule has 0 fully saturated rings. The summed E-state index contributed by atoms with van der Waals surface area (Å²) in [5.41, 5.74) is 0.812. The Hall–Kier alpha value is -2.61. The molecular formula is C17H14F3N3OS. The number of alkyl halides is 3.